The van der Waals surface area contributed by atoms with Crippen molar-refractivity contribution in [2.75, 3.05) is 20.3 Å². The van der Waals surface area contributed by atoms with Gasteiger partial charge in [-0.15, -0.1) is 0 Å². The van der Waals surface area contributed by atoms with Gasteiger partial charge in [-0.1, -0.05) is 6.42 Å². The molecule has 0 aromatic heterocycles. The lowest BCUT2D eigenvalue weighted by atomic mass is 9.86. The van der Waals surface area contributed by atoms with Crippen LogP contribution in [0.15, 0.2) is 18.2 Å². The van der Waals surface area contributed by atoms with Gasteiger partial charge in [0.2, 0.25) is 0 Å². The van der Waals surface area contributed by atoms with Gasteiger partial charge in [-0.05, 0) is 44.4 Å². The van der Waals surface area contributed by atoms with Crippen molar-refractivity contribution in [1.29, 1.82) is 0 Å². The molecule has 112 valence electrons. The van der Waals surface area contributed by atoms with Crippen LogP contribution in [0.25, 0.3) is 0 Å². The van der Waals surface area contributed by atoms with Crippen LogP contribution in [0.1, 0.15) is 25.7 Å². The van der Waals surface area contributed by atoms with Gasteiger partial charge in [0, 0.05) is 11.6 Å². The molecule has 1 aliphatic rings. The van der Waals surface area contributed by atoms with Gasteiger partial charge < -0.3 is 15.2 Å². The molecule has 0 heterocycles. The fraction of sp³-hybridized carbons (Fsp3) is 0.600. The summed E-state index contributed by atoms with van der Waals surface area (Å²) in [6.07, 6.45) is 3.77. The number of aliphatic hydroxyl groups excluding tert-OH is 1. The Morgan fingerprint density at radius 2 is 2.25 bits per heavy atom. The first-order chi connectivity index (χ1) is 9.61. The highest BCUT2D eigenvalue weighted by molar-refractivity contribution is 5.24. The Hall–Kier alpha value is -1.20. The Bertz CT molecular complexity index is 449. The molecule has 20 heavy (non-hydrogen) atoms. The molecule has 2 atom stereocenters. The predicted molar refractivity (Wildman–Crippen MR) is 72.7 cm³/mol. The third-order valence-corrected chi connectivity index (χ3v) is 4.35. The molecule has 0 amide bonds. The highest BCUT2D eigenvalue weighted by atomic mass is 19.1. The van der Waals surface area contributed by atoms with E-state index >= 15 is 0 Å². The summed E-state index contributed by atoms with van der Waals surface area (Å²) in [5.74, 6) is -0.914. The Morgan fingerprint density at radius 3 is 2.90 bits per heavy atom. The molecule has 0 saturated heterocycles. The molecule has 0 spiro atoms. The van der Waals surface area contributed by atoms with Gasteiger partial charge in [0.1, 0.15) is 5.82 Å². The second-order valence-corrected chi connectivity index (χ2v) is 5.37. The van der Waals surface area contributed by atoms with Gasteiger partial charge in [-0.2, -0.15) is 0 Å². The van der Waals surface area contributed by atoms with Crippen LogP contribution in [0.4, 0.5) is 8.78 Å². The van der Waals surface area contributed by atoms with E-state index < -0.39 is 11.6 Å². The molecule has 1 aromatic carbocycles. The molecule has 2 N–H and O–H groups in total. The first-order valence-corrected chi connectivity index (χ1v) is 6.99. The van der Waals surface area contributed by atoms with Crippen molar-refractivity contribution in [3.63, 3.8) is 0 Å². The summed E-state index contributed by atoms with van der Waals surface area (Å²) >= 11 is 0. The monoisotopic (exact) mass is 285 g/mol. The molecule has 2 unspecified atom stereocenters. The predicted octanol–water partition coefficient (Wildman–Crippen LogP) is 2.48. The van der Waals surface area contributed by atoms with Crippen LogP contribution >= 0.6 is 0 Å². The molecule has 1 aromatic rings. The van der Waals surface area contributed by atoms with Crippen molar-refractivity contribution in [3.05, 3.63) is 29.8 Å². The Morgan fingerprint density at radius 1 is 1.45 bits per heavy atom. The lowest BCUT2D eigenvalue weighted by Crippen LogP contribution is -2.49. The quantitative estimate of drug-likeness (QED) is 0.843. The minimum Gasteiger partial charge on any atom is -0.491 e. The number of benzene rings is 1. The summed E-state index contributed by atoms with van der Waals surface area (Å²) in [5.41, 5.74) is -0.245. The fourth-order valence-corrected chi connectivity index (χ4v) is 3.08. The number of aliphatic hydroxyl groups is 1. The standard InChI is InChI=1S/C15H21F2NO2/c1-18-15(10-19)7-2-3-11(15)6-8-20-14-5-4-12(16)9-13(14)17/h4-5,9,11,18-19H,2-3,6-8,10H2,1H3. The van der Waals surface area contributed by atoms with Gasteiger partial charge in [0.15, 0.2) is 11.6 Å². The summed E-state index contributed by atoms with van der Waals surface area (Å²) in [7, 11) is 1.86. The number of halogens is 2. The van der Waals surface area contributed by atoms with E-state index in [2.05, 4.69) is 5.32 Å². The summed E-state index contributed by atoms with van der Waals surface area (Å²) in [5, 5.41) is 12.8. The van der Waals surface area contributed by atoms with Crippen molar-refractivity contribution < 1.29 is 18.6 Å². The number of likely N-dealkylation sites (N-methyl/N-ethyl adjacent to an activating group) is 1. The van der Waals surface area contributed by atoms with Crippen LogP contribution in [0.2, 0.25) is 0 Å². The topological polar surface area (TPSA) is 41.5 Å². The van der Waals surface area contributed by atoms with Crippen LogP contribution < -0.4 is 10.1 Å². The van der Waals surface area contributed by atoms with Gasteiger partial charge in [-0.3, -0.25) is 0 Å². The normalized spacial score (nSPS) is 25.9. The zero-order chi connectivity index (χ0) is 14.6. The van der Waals surface area contributed by atoms with Crippen LogP contribution in [-0.4, -0.2) is 30.9 Å². The molecule has 3 nitrogen and oxygen atoms in total. The van der Waals surface area contributed by atoms with Crippen molar-refractivity contribution in [2.45, 2.75) is 31.2 Å². The first kappa shape index (κ1) is 15.2. The largest absolute Gasteiger partial charge is 0.491 e. The van der Waals surface area contributed by atoms with E-state index in [0.717, 1.165) is 31.7 Å². The molecule has 1 aliphatic carbocycles. The fourth-order valence-electron chi connectivity index (χ4n) is 3.08. The molecule has 0 aliphatic heterocycles. The zero-order valence-corrected chi connectivity index (χ0v) is 11.7. The third kappa shape index (κ3) is 3.10. The average Bonchev–Trinajstić information content (AvgIpc) is 2.85. The van der Waals surface area contributed by atoms with Crippen molar-refractivity contribution in [3.8, 4) is 5.75 Å². The van der Waals surface area contributed by atoms with Gasteiger partial charge in [0.05, 0.1) is 13.2 Å². The number of rotatable bonds is 6. The van der Waals surface area contributed by atoms with Crippen molar-refractivity contribution in [2.24, 2.45) is 5.92 Å². The molecule has 0 bridgehead atoms. The maximum absolute atomic E-state index is 13.4. The number of nitrogens with one attached hydrogen (secondary N) is 1. The van der Waals surface area contributed by atoms with Crippen LogP contribution in [0.3, 0.4) is 0 Å². The number of ether oxygens (including phenoxy) is 1. The van der Waals surface area contributed by atoms with E-state index in [-0.39, 0.29) is 17.9 Å². The number of hydrogen-bond donors (Lipinski definition) is 2. The SMILES string of the molecule is CNC1(CO)CCCC1CCOc1ccc(F)cc1F. The second-order valence-electron chi connectivity index (χ2n) is 5.37. The summed E-state index contributed by atoms with van der Waals surface area (Å²) in [6.45, 7) is 0.454. The van der Waals surface area contributed by atoms with E-state index in [9.17, 15) is 13.9 Å². The molecule has 5 heteroatoms. The minimum absolute atomic E-state index is 0.0726. The summed E-state index contributed by atoms with van der Waals surface area (Å²) in [6, 6.07) is 3.30. The van der Waals surface area contributed by atoms with Crippen LogP contribution in [0.5, 0.6) is 5.75 Å². The Kier molecular flexibility index (Phi) is 4.94. The van der Waals surface area contributed by atoms with Gasteiger partial charge in [0.25, 0.3) is 0 Å². The number of hydrogen-bond acceptors (Lipinski definition) is 3. The van der Waals surface area contributed by atoms with Crippen molar-refractivity contribution >= 4 is 0 Å². The van der Waals surface area contributed by atoms with E-state index in [0.29, 0.717) is 12.5 Å². The smallest absolute Gasteiger partial charge is 0.167 e. The van der Waals surface area contributed by atoms with E-state index in [1.54, 1.807) is 0 Å². The van der Waals surface area contributed by atoms with Gasteiger partial charge in [-0.25, -0.2) is 8.78 Å². The van der Waals surface area contributed by atoms with E-state index in [1.807, 2.05) is 7.05 Å². The van der Waals surface area contributed by atoms with E-state index in [1.165, 1.54) is 12.1 Å². The molecular weight excluding hydrogens is 264 g/mol. The highest BCUT2D eigenvalue weighted by Gasteiger charge is 2.40. The molecule has 1 fully saturated rings. The molecule has 0 radical (unpaired) electrons. The minimum atomic E-state index is -0.682. The summed E-state index contributed by atoms with van der Waals surface area (Å²) < 4.78 is 31.6. The maximum atomic E-state index is 13.4. The Labute approximate surface area is 117 Å². The van der Waals surface area contributed by atoms with Crippen molar-refractivity contribution in [1.82, 2.24) is 5.32 Å². The lowest BCUT2D eigenvalue weighted by Gasteiger charge is -2.33. The zero-order valence-electron chi connectivity index (χ0n) is 11.7. The average molecular weight is 285 g/mol. The molecule has 2 rings (SSSR count). The maximum Gasteiger partial charge on any atom is 0.167 e. The highest BCUT2D eigenvalue weighted by Crippen LogP contribution is 2.37. The first-order valence-electron chi connectivity index (χ1n) is 6.99. The third-order valence-electron chi connectivity index (χ3n) is 4.35. The van der Waals surface area contributed by atoms with Gasteiger partial charge >= 0.3 is 0 Å². The lowest BCUT2D eigenvalue weighted by molar-refractivity contribution is 0.116. The second kappa shape index (κ2) is 6.50. The van der Waals surface area contributed by atoms with Crippen LogP contribution in [-0.2, 0) is 0 Å². The molecule has 1 saturated carbocycles. The van der Waals surface area contributed by atoms with Crippen LogP contribution in [0, 0.1) is 17.6 Å². The summed E-state index contributed by atoms with van der Waals surface area (Å²) in [4.78, 5) is 0. The Balaban J connectivity index is 1.89. The molecular formula is C15H21F2NO2. The van der Waals surface area contributed by atoms with E-state index in [4.69, 9.17) is 4.74 Å².